The average molecular weight is 203 g/mol. The lowest BCUT2D eigenvalue weighted by Crippen LogP contribution is -2.28. The fourth-order valence-corrected chi connectivity index (χ4v) is 2.25. The number of hydrogen-bond acceptors (Lipinski definition) is 2. The van der Waals surface area contributed by atoms with Gasteiger partial charge in [0, 0.05) is 6.42 Å². The van der Waals surface area contributed by atoms with Crippen LogP contribution in [0.3, 0.4) is 0 Å². The van der Waals surface area contributed by atoms with Crippen molar-refractivity contribution in [2.45, 2.75) is 18.6 Å². The number of fused-ring (bicyclic) bond motifs is 1. The van der Waals surface area contributed by atoms with E-state index in [1.54, 1.807) is 6.08 Å². The van der Waals surface area contributed by atoms with E-state index in [0.717, 1.165) is 6.42 Å². The second kappa shape index (κ2) is 4.60. The van der Waals surface area contributed by atoms with E-state index in [1.807, 2.05) is 7.05 Å². The molecule has 0 aliphatic heterocycles. The number of nitrogens with one attached hydrogen (secondary N) is 1. The number of benzene rings is 1. The third-order valence-electron chi connectivity index (χ3n) is 2.92. The summed E-state index contributed by atoms with van der Waals surface area (Å²) in [6, 6.07) is 8.84. The topological polar surface area (TPSA) is 21.3 Å². The molecule has 0 radical (unpaired) electrons. The zero-order valence-electron chi connectivity index (χ0n) is 9.07. The van der Waals surface area contributed by atoms with E-state index in [0.29, 0.717) is 12.6 Å². The summed E-state index contributed by atoms with van der Waals surface area (Å²) in [6.07, 6.45) is 3.04. The van der Waals surface area contributed by atoms with Gasteiger partial charge in [-0.1, -0.05) is 30.3 Å². The Hall–Kier alpha value is -1.12. The smallest absolute Gasteiger partial charge is 0.0814 e. The van der Waals surface area contributed by atoms with Crippen LogP contribution < -0.4 is 5.32 Å². The van der Waals surface area contributed by atoms with Crippen LogP contribution in [0.25, 0.3) is 0 Å². The van der Waals surface area contributed by atoms with Crippen molar-refractivity contribution in [2.24, 2.45) is 0 Å². The number of ether oxygens (including phenoxy) is 1. The highest BCUT2D eigenvalue weighted by Crippen LogP contribution is 2.32. The third kappa shape index (κ3) is 1.96. The van der Waals surface area contributed by atoms with Crippen molar-refractivity contribution >= 4 is 0 Å². The van der Waals surface area contributed by atoms with Crippen molar-refractivity contribution in [3.63, 3.8) is 0 Å². The van der Waals surface area contributed by atoms with E-state index >= 15 is 0 Å². The molecule has 2 heteroatoms. The maximum Gasteiger partial charge on any atom is 0.0814 e. The summed E-state index contributed by atoms with van der Waals surface area (Å²) < 4.78 is 5.76. The van der Waals surface area contributed by atoms with E-state index in [9.17, 15) is 0 Å². The Kier molecular flexibility index (Phi) is 3.19. The molecule has 1 aromatic carbocycles. The van der Waals surface area contributed by atoms with Crippen LogP contribution in [-0.2, 0) is 11.2 Å². The van der Waals surface area contributed by atoms with Gasteiger partial charge in [0.05, 0.1) is 18.8 Å². The highest BCUT2D eigenvalue weighted by Gasteiger charge is 2.31. The molecule has 0 heterocycles. The Bertz CT molecular complexity index is 348. The maximum atomic E-state index is 5.76. The lowest BCUT2D eigenvalue weighted by molar-refractivity contribution is 0.0558. The standard InChI is InChI=1S/C13H17NO/c1-3-8-15-12-9-10-6-4-5-7-11(10)13(12)14-2/h3-7,12-14H,1,8-9H2,2H3. The predicted molar refractivity (Wildman–Crippen MR) is 61.9 cm³/mol. The van der Waals surface area contributed by atoms with E-state index in [2.05, 4.69) is 36.2 Å². The Labute approximate surface area is 91.0 Å². The van der Waals surface area contributed by atoms with Crippen molar-refractivity contribution in [2.75, 3.05) is 13.7 Å². The molecule has 0 amide bonds. The summed E-state index contributed by atoms with van der Waals surface area (Å²) in [7, 11) is 1.98. The van der Waals surface area contributed by atoms with Crippen molar-refractivity contribution < 1.29 is 4.74 Å². The lowest BCUT2D eigenvalue weighted by atomic mass is 10.1. The van der Waals surface area contributed by atoms with Gasteiger partial charge in [0.1, 0.15) is 0 Å². The van der Waals surface area contributed by atoms with Crippen molar-refractivity contribution in [3.05, 3.63) is 48.0 Å². The molecule has 0 saturated heterocycles. The minimum Gasteiger partial charge on any atom is -0.372 e. The second-order valence-corrected chi connectivity index (χ2v) is 3.83. The summed E-state index contributed by atoms with van der Waals surface area (Å²) in [5, 5.41) is 3.32. The molecule has 1 aliphatic carbocycles. The van der Waals surface area contributed by atoms with Crippen LogP contribution in [0.2, 0.25) is 0 Å². The summed E-state index contributed by atoms with van der Waals surface area (Å²) in [6.45, 7) is 4.30. The molecule has 0 spiro atoms. The summed E-state index contributed by atoms with van der Waals surface area (Å²) in [4.78, 5) is 0. The molecule has 0 aromatic heterocycles. The highest BCUT2D eigenvalue weighted by molar-refractivity contribution is 5.36. The molecular weight excluding hydrogens is 186 g/mol. The Morgan fingerprint density at radius 2 is 2.33 bits per heavy atom. The molecule has 0 bridgehead atoms. The van der Waals surface area contributed by atoms with E-state index in [1.165, 1.54) is 11.1 Å². The van der Waals surface area contributed by atoms with E-state index in [-0.39, 0.29) is 6.10 Å². The van der Waals surface area contributed by atoms with Gasteiger partial charge in [0.25, 0.3) is 0 Å². The summed E-state index contributed by atoms with van der Waals surface area (Å²) in [5.41, 5.74) is 2.76. The van der Waals surface area contributed by atoms with Crippen LogP contribution in [-0.4, -0.2) is 19.8 Å². The maximum absolute atomic E-state index is 5.76. The van der Waals surface area contributed by atoms with Gasteiger partial charge in [-0.05, 0) is 18.2 Å². The van der Waals surface area contributed by atoms with Crippen LogP contribution in [0.15, 0.2) is 36.9 Å². The molecule has 2 unspecified atom stereocenters. The molecule has 80 valence electrons. The SMILES string of the molecule is C=CCOC1Cc2ccccc2C1NC. The second-order valence-electron chi connectivity index (χ2n) is 3.83. The van der Waals surface area contributed by atoms with Gasteiger partial charge in [0.15, 0.2) is 0 Å². The zero-order valence-corrected chi connectivity index (χ0v) is 9.07. The first-order valence-corrected chi connectivity index (χ1v) is 5.34. The predicted octanol–water partition coefficient (Wildman–Crippen LogP) is 2.07. The number of likely N-dealkylation sites (N-methyl/N-ethyl adjacent to an activating group) is 1. The normalized spacial score (nSPS) is 23.8. The number of rotatable bonds is 4. The minimum absolute atomic E-state index is 0.241. The van der Waals surface area contributed by atoms with Crippen LogP contribution >= 0.6 is 0 Å². The molecule has 2 nitrogen and oxygen atoms in total. The van der Waals surface area contributed by atoms with Gasteiger partial charge in [-0.2, -0.15) is 0 Å². The van der Waals surface area contributed by atoms with Crippen LogP contribution in [0.5, 0.6) is 0 Å². The molecule has 1 aromatic rings. The molecular formula is C13H17NO. The Morgan fingerprint density at radius 1 is 1.53 bits per heavy atom. The molecule has 2 rings (SSSR count). The third-order valence-corrected chi connectivity index (χ3v) is 2.92. The van der Waals surface area contributed by atoms with Crippen LogP contribution in [0.4, 0.5) is 0 Å². The molecule has 15 heavy (non-hydrogen) atoms. The Morgan fingerprint density at radius 3 is 3.07 bits per heavy atom. The van der Waals surface area contributed by atoms with Gasteiger partial charge in [-0.3, -0.25) is 0 Å². The van der Waals surface area contributed by atoms with Crippen molar-refractivity contribution in [1.29, 1.82) is 0 Å². The molecule has 2 atom stereocenters. The zero-order chi connectivity index (χ0) is 10.7. The van der Waals surface area contributed by atoms with Crippen molar-refractivity contribution in [3.8, 4) is 0 Å². The number of hydrogen-bond donors (Lipinski definition) is 1. The molecule has 1 N–H and O–H groups in total. The quantitative estimate of drug-likeness (QED) is 0.756. The fourth-order valence-electron chi connectivity index (χ4n) is 2.25. The molecule has 0 saturated carbocycles. The van der Waals surface area contributed by atoms with Crippen LogP contribution in [0, 0.1) is 0 Å². The average Bonchev–Trinajstić information content (AvgIpc) is 2.63. The first-order chi connectivity index (χ1) is 7.36. The van der Waals surface area contributed by atoms with Crippen LogP contribution in [0.1, 0.15) is 17.2 Å². The van der Waals surface area contributed by atoms with Gasteiger partial charge >= 0.3 is 0 Å². The molecule has 1 aliphatic rings. The first kappa shape index (κ1) is 10.4. The minimum atomic E-state index is 0.241. The highest BCUT2D eigenvalue weighted by atomic mass is 16.5. The summed E-state index contributed by atoms with van der Waals surface area (Å²) in [5.74, 6) is 0. The molecule has 0 fully saturated rings. The largest absolute Gasteiger partial charge is 0.372 e. The monoisotopic (exact) mass is 203 g/mol. The lowest BCUT2D eigenvalue weighted by Gasteiger charge is -2.19. The van der Waals surface area contributed by atoms with Crippen molar-refractivity contribution in [1.82, 2.24) is 5.32 Å². The first-order valence-electron chi connectivity index (χ1n) is 5.34. The van der Waals surface area contributed by atoms with Gasteiger partial charge < -0.3 is 10.1 Å². The summed E-state index contributed by atoms with van der Waals surface area (Å²) >= 11 is 0. The fraction of sp³-hybridized carbons (Fsp3) is 0.385. The van der Waals surface area contributed by atoms with Gasteiger partial charge in [-0.15, -0.1) is 6.58 Å². The van der Waals surface area contributed by atoms with E-state index in [4.69, 9.17) is 4.74 Å². The van der Waals surface area contributed by atoms with Gasteiger partial charge in [-0.25, -0.2) is 0 Å². The Balaban J connectivity index is 2.17. The van der Waals surface area contributed by atoms with E-state index < -0.39 is 0 Å². The van der Waals surface area contributed by atoms with Gasteiger partial charge in [0.2, 0.25) is 0 Å².